The van der Waals surface area contributed by atoms with E-state index in [1.165, 1.54) is 0 Å². The number of amides is 2. The zero-order valence-electron chi connectivity index (χ0n) is 15.2. The average molecular weight is 386 g/mol. The van der Waals surface area contributed by atoms with Gasteiger partial charge in [-0.3, -0.25) is 14.4 Å². The van der Waals surface area contributed by atoms with Crippen molar-refractivity contribution in [3.8, 4) is 0 Å². The Bertz CT molecular complexity index is 819. The number of nitrogens with one attached hydrogen (secondary N) is 2. The molecule has 0 saturated carbocycles. The fourth-order valence-corrected chi connectivity index (χ4v) is 3.29. The highest BCUT2D eigenvalue weighted by atomic mass is 32.2. The normalized spacial score (nSPS) is 10.5. The summed E-state index contributed by atoms with van der Waals surface area (Å²) in [5.41, 5.74) is 1.97. The number of aliphatic carboxylic acids is 1. The molecule has 0 aliphatic carbocycles. The van der Waals surface area contributed by atoms with Crippen LogP contribution in [0.5, 0.6) is 0 Å². The lowest BCUT2D eigenvalue weighted by Gasteiger charge is -2.12. The average Bonchev–Trinajstić information content (AvgIpc) is 2.61. The second kappa shape index (κ2) is 9.78. The molecule has 0 aliphatic rings. The second-order valence-electron chi connectivity index (χ2n) is 6.16. The van der Waals surface area contributed by atoms with E-state index in [1.807, 2.05) is 18.2 Å². The van der Waals surface area contributed by atoms with Gasteiger partial charge in [-0.05, 0) is 29.8 Å². The van der Waals surface area contributed by atoms with Crippen LogP contribution >= 0.6 is 11.8 Å². The molecule has 0 aliphatic heterocycles. The van der Waals surface area contributed by atoms with E-state index in [-0.39, 0.29) is 18.2 Å². The molecule has 0 radical (unpaired) electrons. The number of hydrogen-bond donors (Lipinski definition) is 3. The van der Waals surface area contributed by atoms with Crippen molar-refractivity contribution in [2.24, 2.45) is 0 Å². The lowest BCUT2D eigenvalue weighted by atomic mass is 10.1. The zero-order valence-corrected chi connectivity index (χ0v) is 16.0. The van der Waals surface area contributed by atoms with Gasteiger partial charge in [0.05, 0.1) is 12.0 Å². The Morgan fingerprint density at radius 2 is 1.70 bits per heavy atom. The first-order valence-corrected chi connectivity index (χ1v) is 9.37. The monoisotopic (exact) mass is 386 g/mol. The summed E-state index contributed by atoms with van der Waals surface area (Å²) in [6.07, 6.45) is 0.0787. The Morgan fingerprint density at radius 3 is 2.33 bits per heavy atom. The summed E-state index contributed by atoms with van der Waals surface area (Å²) >= 11 is 1.63. The lowest BCUT2D eigenvalue weighted by Crippen LogP contribution is -2.30. The molecule has 0 unspecified atom stereocenters. The van der Waals surface area contributed by atoms with E-state index in [1.54, 1.807) is 42.1 Å². The molecule has 2 amide bonds. The van der Waals surface area contributed by atoms with Crippen LogP contribution in [0.1, 0.15) is 29.8 Å². The Balaban J connectivity index is 1.99. The predicted molar refractivity (Wildman–Crippen MR) is 106 cm³/mol. The van der Waals surface area contributed by atoms with Crippen molar-refractivity contribution < 1.29 is 19.5 Å². The molecule has 142 valence electrons. The number of hydrogen-bond acceptors (Lipinski definition) is 4. The third kappa shape index (κ3) is 6.79. The van der Waals surface area contributed by atoms with Gasteiger partial charge >= 0.3 is 5.97 Å². The van der Waals surface area contributed by atoms with E-state index in [9.17, 15) is 14.4 Å². The molecule has 0 aromatic heterocycles. The highest BCUT2D eigenvalue weighted by molar-refractivity contribution is 8.00. The van der Waals surface area contributed by atoms with Gasteiger partial charge in [-0.1, -0.05) is 38.1 Å². The molecule has 27 heavy (non-hydrogen) atoms. The van der Waals surface area contributed by atoms with Crippen LogP contribution in [-0.4, -0.2) is 34.7 Å². The van der Waals surface area contributed by atoms with Gasteiger partial charge < -0.3 is 15.7 Å². The number of carbonyl (C=O) groups is 3. The van der Waals surface area contributed by atoms with Gasteiger partial charge in [-0.25, -0.2) is 0 Å². The van der Waals surface area contributed by atoms with Crippen LogP contribution < -0.4 is 10.6 Å². The van der Waals surface area contributed by atoms with Crippen molar-refractivity contribution in [3.63, 3.8) is 0 Å². The first-order chi connectivity index (χ1) is 12.8. The van der Waals surface area contributed by atoms with Crippen molar-refractivity contribution in [2.75, 3.05) is 11.9 Å². The van der Waals surface area contributed by atoms with Crippen LogP contribution in [-0.2, 0) is 16.0 Å². The van der Waals surface area contributed by atoms with Gasteiger partial charge in [-0.15, -0.1) is 11.8 Å². The number of rotatable bonds is 8. The van der Waals surface area contributed by atoms with Crippen molar-refractivity contribution >= 4 is 35.2 Å². The van der Waals surface area contributed by atoms with Crippen LogP contribution in [0.25, 0.3) is 0 Å². The highest BCUT2D eigenvalue weighted by Gasteiger charge is 2.13. The number of carboxylic acids is 1. The molecule has 3 N–H and O–H groups in total. The molecule has 0 saturated heterocycles. The molecule has 2 aromatic rings. The Morgan fingerprint density at radius 1 is 1.04 bits per heavy atom. The van der Waals surface area contributed by atoms with E-state index in [4.69, 9.17) is 5.11 Å². The van der Waals surface area contributed by atoms with Crippen LogP contribution in [0.3, 0.4) is 0 Å². The third-order valence-corrected chi connectivity index (χ3v) is 4.59. The van der Waals surface area contributed by atoms with E-state index < -0.39 is 12.5 Å². The maximum Gasteiger partial charge on any atom is 0.322 e. The standard InChI is InChI=1S/C20H22N2O4S/c1-13(2)27-17-6-4-3-5-16(17)20(26)22-15-9-7-14(8-10-15)11-18(23)21-12-19(24)25/h3-10,13H,11-12H2,1-2H3,(H,21,23)(H,22,26)(H,24,25). The van der Waals surface area contributed by atoms with Crippen LogP contribution in [0, 0.1) is 0 Å². The number of benzene rings is 2. The quantitative estimate of drug-likeness (QED) is 0.606. The van der Waals surface area contributed by atoms with Gasteiger partial charge in [0.2, 0.25) is 5.91 Å². The summed E-state index contributed by atoms with van der Waals surface area (Å²) < 4.78 is 0. The predicted octanol–water partition coefficient (Wildman–Crippen LogP) is 3.18. The van der Waals surface area contributed by atoms with E-state index >= 15 is 0 Å². The lowest BCUT2D eigenvalue weighted by molar-refractivity contribution is -0.137. The minimum atomic E-state index is -1.09. The topological polar surface area (TPSA) is 95.5 Å². The summed E-state index contributed by atoms with van der Waals surface area (Å²) in [4.78, 5) is 35.6. The Hall–Kier alpha value is -2.80. The van der Waals surface area contributed by atoms with Gasteiger partial charge in [0.15, 0.2) is 0 Å². The van der Waals surface area contributed by atoms with Gasteiger partial charge in [-0.2, -0.15) is 0 Å². The fourth-order valence-electron chi connectivity index (χ4n) is 2.34. The molecular formula is C20H22N2O4S. The molecule has 2 aromatic carbocycles. The molecule has 2 rings (SSSR count). The van der Waals surface area contributed by atoms with E-state index in [2.05, 4.69) is 24.5 Å². The number of carbonyl (C=O) groups excluding carboxylic acids is 2. The summed E-state index contributed by atoms with van der Waals surface area (Å²) in [6.45, 7) is 3.75. The maximum atomic E-state index is 12.6. The summed E-state index contributed by atoms with van der Waals surface area (Å²) in [6, 6.07) is 14.4. The third-order valence-electron chi connectivity index (χ3n) is 3.51. The number of carboxylic acid groups (broad SMARTS) is 1. The fraction of sp³-hybridized carbons (Fsp3) is 0.250. The summed E-state index contributed by atoms with van der Waals surface area (Å²) in [7, 11) is 0. The minimum Gasteiger partial charge on any atom is -0.480 e. The van der Waals surface area contributed by atoms with Crippen LogP contribution in [0.15, 0.2) is 53.4 Å². The molecule has 0 fully saturated rings. The first-order valence-electron chi connectivity index (χ1n) is 8.49. The van der Waals surface area contributed by atoms with Crippen molar-refractivity contribution in [1.82, 2.24) is 5.32 Å². The first kappa shape index (κ1) is 20.5. The summed E-state index contributed by atoms with van der Waals surface area (Å²) in [5.74, 6) is -1.64. The zero-order chi connectivity index (χ0) is 19.8. The van der Waals surface area contributed by atoms with Gasteiger partial charge in [0.25, 0.3) is 5.91 Å². The van der Waals surface area contributed by atoms with Crippen LogP contribution in [0.4, 0.5) is 5.69 Å². The van der Waals surface area contributed by atoms with E-state index in [0.29, 0.717) is 16.5 Å². The van der Waals surface area contributed by atoms with E-state index in [0.717, 1.165) is 10.5 Å². The Kier molecular flexibility index (Phi) is 7.43. The maximum absolute atomic E-state index is 12.6. The molecule has 6 nitrogen and oxygen atoms in total. The van der Waals surface area contributed by atoms with Gasteiger partial charge in [0.1, 0.15) is 6.54 Å². The number of anilines is 1. The van der Waals surface area contributed by atoms with Gasteiger partial charge in [0, 0.05) is 15.8 Å². The molecule has 7 heteroatoms. The largest absolute Gasteiger partial charge is 0.480 e. The minimum absolute atomic E-state index is 0.0787. The summed E-state index contributed by atoms with van der Waals surface area (Å²) in [5, 5.41) is 14.1. The molecule has 0 atom stereocenters. The molecule has 0 heterocycles. The second-order valence-corrected chi connectivity index (χ2v) is 7.78. The van der Waals surface area contributed by atoms with Crippen molar-refractivity contribution in [1.29, 1.82) is 0 Å². The highest BCUT2D eigenvalue weighted by Crippen LogP contribution is 2.27. The van der Waals surface area contributed by atoms with Crippen molar-refractivity contribution in [3.05, 3.63) is 59.7 Å². The Labute approximate surface area is 162 Å². The molecule has 0 spiro atoms. The van der Waals surface area contributed by atoms with Crippen molar-refractivity contribution in [2.45, 2.75) is 30.4 Å². The molecular weight excluding hydrogens is 364 g/mol. The molecule has 0 bridgehead atoms. The number of thioether (sulfide) groups is 1. The smallest absolute Gasteiger partial charge is 0.322 e. The van der Waals surface area contributed by atoms with Crippen LogP contribution in [0.2, 0.25) is 0 Å². The SMILES string of the molecule is CC(C)Sc1ccccc1C(=O)Nc1ccc(CC(=O)NCC(=O)O)cc1.